The van der Waals surface area contributed by atoms with Gasteiger partial charge in [-0.15, -0.1) is 0 Å². The van der Waals surface area contributed by atoms with E-state index in [9.17, 15) is 4.39 Å². The first-order chi connectivity index (χ1) is 12.1. The molecule has 0 atom stereocenters. The molecule has 0 aliphatic heterocycles. The zero-order valence-corrected chi connectivity index (χ0v) is 14.6. The van der Waals surface area contributed by atoms with Crippen molar-refractivity contribution >= 4 is 5.69 Å². The Kier molecular flexibility index (Phi) is 5.34. The summed E-state index contributed by atoms with van der Waals surface area (Å²) in [6.45, 7) is 5.35. The fraction of sp³-hybridized carbons (Fsp3) is 0.182. The van der Waals surface area contributed by atoms with Crippen LogP contribution < -0.4 is 10.1 Å². The Labute approximate surface area is 148 Å². The van der Waals surface area contributed by atoms with E-state index in [0.29, 0.717) is 6.61 Å². The number of ether oxygens (including phenoxy) is 1. The molecule has 0 heterocycles. The minimum Gasteiger partial charge on any atom is -0.489 e. The Morgan fingerprint density at radius 3 is 2.48 bits per heavy atom. The number of aryl methyl sites for hydroxylation is 2. The monoisotopic (exact) mass is 335 g/mol. The third-order valence-corrected chi connectivity index (χ3v) is 4.09. The summed E-state index contributed by atoms with van der Waals surface area (Å²) in [5, 5.41) is 3.48. The molecule has 0 radical (unpaired) electrons. The van der Waals surface area contributed by atoms with E-state index in [2.05, 4.69) is 43.4 Å². The molecule has 0 saturated carbocycles. The number of benzene rings is 3. The van der Waals surface area contributed by atoms with E-state index in [1.165, 1.54) is 23.3 Å². The van der Waals surface area contributed by atoms with Crippen molar-refractivity contribution in [2.45, 2.75) is 27.0 Å². The van der Waals surface area contributed by atoms with Gasteiger partial charge < -0.3 is 10.1 Å². The average Bonchev–Trinajstić information content (AvgIpc) is 2.62. The Bertz CT molecular complexity index is 843. The minimum absolute atomic E-state index is 0.233. The van der Waals surface area contributed by atoms with Crippen molar-refractivity contribution in [2.75, 3.05) is 5.32 Å². The molecule has 3 aromatic carbocycles. The van der Waals surface area contributed by atoms with Crippen LogP contribution in [0.2, 0.25) is 0 Å². The van der Waals surface area contributed by atoms with Crippen LogP contribution in [-0.4, -0.2) is 0 Å². The predicted octanol–water partition coefficient (Wildman–Crippen LogP) is 5.63. The van der Waals surface area contributed by atoms with Crippen LogP contribution in [0.15, 0.2) is 66.7 Å². The fourth-order valence-electron chi connectivity index (χ4n) is 2.62. The molecule has 0 aliphatic rings. The van der Waals surface area contributed by atoms with Crippen LogP contribution in [-0.2, 0) is 13.2 Å². The highest BCUT2D eigenvalue weighted by Gasteiger charge is 2.02. The molecule has 0 spiro atoms. The largest absolute Gasteiger partial charge is 0.489 e. The third kappa shape index (κ3) is 4.83. The average molecular weight is 335 g/mol. The lowest BCUT2D eigenvalue weighted by Gasteiger charge is -2.12. The van der Waals surface area contributed by atoms with E-state index in [4.69, 9.17) is 4.74 Å². The molecule has 25 heavy (non-hydrogen) atoms. The molecule has 2 nitrogen and oxygen atoms in total. The van der Waals surface area contributed by atoms with Gasteiger partial charge in [-0.1, -0.05) is 36.4 Å². The first kappa shape index (κ1) is 17.0. The summed E-state index contributed by atoms with van der Waals surface area (Å²) in [7, 11) is 0. The zero-order valence-electron chi connectivity index (χ0n) is 14.6. The predicted molar refractivity (Wildman–Crippen MR) is 100 cm³/mol. The number of nitrogens with one attached hydrogen (secondary N) is 1. The maximum absolute atomic E-state index is 12.9. The summed E-state index contributed by atoms with van der Waals surface area (Å²) in [5.74, 6) is 0.577. The lowest BCUT2D eigenvalue weighted by atomic mass is 10.1. The summed E-state index contributed by atoms with van der Waals surface area (Å²) in [4.78, 5) is 0. The van der Waals surface area contributed by atoms with E-state index < -0.39 is 0 Å². The van der Waals surface area contributed by atoms with Gasteiger partial charge in [0.25, 0.3) is 0 Å². The van der Waals surface area contributed by atoms with E-state index in [1.54, 1.807) is 12.1 Å². The number of anilines is 1. The Balaban J connectivity index is 1.61. The fourth-order valence-corrected chi connectivity index (χ4v) is 2.62. The molecule has 0 bridgehead atoms. The van der Waals surface area contributed by atoms with Gasteiger partial charge in [-0.25, -0.2) is 4.39 Å². The lowest BCUT2D eigenvalue weighted by molar-refractivity contribution is 0.306. The Morgan fingerprint density at radius 1 is 0.880 bits per heavy atom. The van der Waals surface area contributed by atoms with Crippen LogP contribution in [0, 0.1) is 19.7 Å². The first-order valence-corrected chi connectivity index (χ1v) is 8.37. The van der Waals surface area contributed by atoms with Crippen molar-refractivity contribution in [2.24, 2.45) is 0 Å². The van der Waals surface area contributed by atoms with Crippen molar-refractivity contribution < 1.29 is 9.13 Å². The molecule has 3 aromatic rings. The van der Waals surface area contributed by atoms with Gasteiger partial charge in [-0.3, -0.25) is 0 Å². The highest BCUT2D eigenvalue weighted by atomic mass is 19.1. The maximum Gasteiger partial charge on any atom is 0.123 e. The van der Waals surface area contributed by atoms with Crippen molar-refractivity contribution in [3.8, 4) is 5.75 Å². The van der Waals surface area contributed by atoms with Crippen molar-refractivity contribution in [3.63, 3.8) is 0 Å². The molecule has 0 fully saturated rings. The molecular weight excluding hydrogens is 313 g/mol. The summed E-state index contributed by atoms with van der Waals surface area (Å²) < 4.78 is 18.8. The molecule has 0 saturated heterocycles. The lowest BCUT2D eigenvalue weighted by Crippen LogP contribution is -2.02. The first-order valence-electron chi connectivity index (χ1n) is 8.37. The second-order valence-corrected chi connectivity index (χ2v) is 6.23. The van der Waals surface area contributed by atoms with Crippen LogP contribution in [0.5, 0.6) is 5.75 Å². The second-order valence-electron chi connectivity index (χ2n) is 6.23. The molecule has 1 N–H and O–H groups in total. The van der Waals surface area contributed by atoms with E-state index in [0.717, 1.165) is 29.1 Å². The van der Waals surface area contributed by atoms with Gasteiger partial charge in [0, 0.05) is 12.2 Å². The second kappa shape index (κ2) is 7.84. The Hall–Kier alpha value is -2.81. The van der Waals surface area contributed by atoms with Crippen LogP contribution in [0.1, 0.15) is 22.3 Å². The van der Waals surface area contributed by atoms with E-state index in [-0.39, 0.29) is 5.82 Å². The quantitative estimate of drug-likeness (QED) is 0.630. The maximum atomic E-state index is 12.9. The van der Waals surface area contributed by atoms with Gasteiger partial charge in [0.05, 0.1) is 0 Å². The molecular formula is C22H22FNO. The smallest absolute Gasteiger partial charge is 0.123 e. The molecule has 0 aromatic heterocycles. The number of hydrogen-bond acceptors (Lipinski definition) is 2. The van der Waals surface area contributed by atoms with Crippen LogP contribution in [0.3, 0.4) is 0 Å². The third-order valence-electron chi connectivity index (χ3n) is 4.09. The van der Waals surface area contributed by atoms with E-state index in [1.807, 2.05) is 18.2 Å². The SMILES string of the molecule is Cc1ccc(C)c(NCc2cccc(OCc3ccc(F)cc3)c2)c1. The van der Waals surface area contributed by atoms with Crippen LogP contribution in [0.4, 0.5) is 10.1 Å². The summed E-state index contributed by atoms with van der Waals surface area (Å²) in [6, 6.07) is 20.8. The van der Waals surface area contributed by atoms with Crippen LogP contribution in [0.25, 0.3) is 0 Å². The number of halogens is 1. The molecule has 0 aliphatic carbocycles. The van der Waals surface area contributed by atoms with Gasteiger partial charge in [0.15, 0.2) is 0 Å². The van der Waals surface area contributed by atoms with Crippen molar-refractivity contribution in [1.82, 2.24) is 0 Å². The van der Waals surface area contributed by atoms with Gasteiger partial charge in [0.1, 0.15) is 18.2 Å². The Morgan fingerprint density at radius 2 is 1.68 bits per heavy atom. The van der Waals surface area contributed by atoms with Crippen molar-refractivity contribution in [1.29, 1.82) is 0 Å². The minimum atomic E-state index is -0.233. The highest BCUT2D eigenvalue weighted by Crippen LogP contribution is 2.19. The normalized spacial score (nSPS) is 10.5. The van der Waals surface area contributed by atoms with Gasteiger partial charge in [-0.2, -0.15) is 0 Å². The van der Waals surface area contributed by atoms with Gasteiger partial charge in [-0.05, 0) is 66.4 Å². The highest BCUT2D eigenvalue weighted by molar-refractivity contribution is 5.52. The van der Waals surface area contributed by atoms with Crippen molar-refractivity contribution in [3.05, 3.63) is 94.8 Å². The van der Waals surface area contributed by atoms with Crippen LogP contribution >= 0.6 is 0 Å². The van der Waals surface area contributed by atoms with Gasteiger partial charge >= 0.3 is 0 Å². The molecule has 0 amide bonds. The molecule has 128 valence electrons. The summed E-state index contributed by atoms with van der Waals surface area (Å²) >= 11 is 0. The van der Waals surface area contributed by atoms with Gasteiger partial charge in [0.2, 0.25) is 0 Å². The van der Waals surface area contributed by atoms with E-state index >= 15 is 0 Å². The molecule has 3 rings (SSSR count). The molecule has 3 heteroatoms. The topological polar surface area (TPSA) is 21.3 Å². The summed E-state index contributed by atoms with van der Waals surface area (Å²) in [5.41, 5.74) is 5.72. The zero-order chi connectivity index (χ0) is 17.6. The summed E-state index contributed by atoms with van der Waals surface area (Å²) in [6.07, 6.45) is 0. The number of rotatable bonds is 6. The number of hydrogen-bond donors (Lipinski definition) is 1. The molecule has 0 unspecified atom stereocenters. The standard InChI is InChI=1S/C22H22FNO/c1-16-6-7-17(2)22(12-16)24-14-19-4-3-5-21(13-19)25-15-18-8-10-20(23)11-9-18/h3-13,24H,14-15H2,1-2H3.